The lowest BCUT2D eigenvalue weighted by atomic mass is 10.1. The average Bonchev–Trinajstić information content (AvgIpc) is 2.73. The summed E-state index contributed by atoms with van der Waals surface area (Å²) in [5.74, 6) is 1.35. The molecule has 0 saturated carbocycles. The molecule has 0 N–H and O–H groups in total. The Morgan fingerprint density at radius 3 is 1.93 bits per heavy atom. The monoisotopic (exact) mass is 426 g/mol. The van der Waals surface area contributed by atoms with E-state index in [1.54, 1.807) is 6.07 Å². The summed E-state index contributed by atoms with van der Waals surface area (Å²) in [7, 11) is 1.54. The van der Waals surface area contributed by atoms with Gasteiger partial charge in [-0.3, -0.25) is 4.79 Å². The van der Waals surface area contributed by atoms with Crippen LogP contribution in [0.25, 0.3) is 0 Å². The zero-order valence-corrected chi connectivity index (χ0v) is 16.4. The number of hydrogen-bond acceptors (Lipinski definition) is 4. The van der Waals surface area contributed by atoms with Crippen molar-refractivity contribution in [2.45, 2.75) is 13.2 Å². The van der Waals surface area contributed by atoms with E-state index in [1.165, 1.54) is 7.11 Å². The van der Waals surface area contributed by atoms with Gasteiger partial charge < -0.3 is 14.2 Å². The zero-order valence-electron chi connectivity index (χ0n) is 14.9. The van der Waals surface area contributed by atoms with E-state index in [-0.39, 0.29) is 0 Å². The van der Waals surface area contributed by atoms with Crippen molar-refractivity contribution in [3.8, 4) is 17.2 Å². The van der Waals surface area contributed by atoms with Crippen LogP contribution in [0.4, 0.5) is 0 Å². The Labute approximate surface area is 166 Å². The van der Waals surface area contributed by atoms with Crippen LogP contribution in [0.15, 0.2) is 71.2 Å². The van der Waals surface area contributed by atoms with E-state index in [0.29, 0.717) is 40.5 Å². The third kappa shape index (κ3) is 4.68. The van der Waals surface area contributed by atoms with Gasteiger partial charge in [0.2, 0.25) is 0 Å². The van der Waals surface area contributed by atoms with Crippen LogP contribution in [0.1, 0.15) is 21.5 Å². The minimum atomic E-state index is 0.328. The molecule has 0 amide bonds. The molecule has 0 aliphatic carbocycles. The van der Waals surface area contributed by atoms with Crippen molar-refractivity contribution in [3.63, 3.8) is 0 Å². The Morgan fingerprint density at radius 2 is 1.41 bits per heavy atom. The second-order valence-corrected chi connectivity index (χ2v) is 6.59. The van der Waals surface area contributed by atoms with E-state index in [1.807, 2.05) is 60.7 Å². The van der Waals surface area contributed by atoms with E-state index in [0.717, 1.165) is 17.4 Å². The number of ether oxygens (including phenoxy) is 3. The Bertz CT molecular complexity index is 895. The van der Waals surface area contributed by atoms with Crippen molar-refractivity contribution in [1.82, 2.24) is 0 Å². The van der Waals surface area contributed by atoms with E-state index in [4.69, 9.17) is 14.2 Å². The quantitative estimate of drug-likeness (QED) is 0.450. The lowest BCUT2D eigenvalue weighted by Gasteiger charge is -2.17. The van der Waals surface area contributed by atoms with Gasteiger partial charge in [-0.05, 0) is 27.1 Å². The number of aldehydes is 1. The number of halogens is 1. The van der Waals surface area contributed by atoms with Crippen molar-refractivity contribution in [1.29, 1.82) is 0 Å². The summed E-state index contributed by atoms with van der Waals surface area (Å²) in [6.07, 6.45) is 0.738. The van der Waals surface area contributed by atoms with Crippen LogP contribution in [0, 0.1) is 0 Å². The fourth-order valence-corrected chi connectivity index (χ4v) is 3.09. The smallest absolute Gasteiger partial charge is 0.173 e. The molecule has 27 heavy (non-hydrogen) atoms. The van der Waals surface area contributed by atoms with Crippen molar-refractivity contribution >= 4 is 22.2 Å². The number of carbonyl (C=O) groups is 1. The third-order valence-electron chi connectivity index (χ3n) is 3.98. The third-order valence-corrected chi connectivity index (χ3v) is 4.80. The lowest BCUT2D eigenvalue weighted by molar-refractivity contribution is 0.111. The molecular formula is C22H19BrO4. The summed E-state index contributed by atoms with van der Waals surface area (Å²) in [6, 6.07) is 21.3. The minimum Gasteiger partial charge on any atom is -0.493 e. The molecular weight excluding hydrogens is 408 g/mol. The van der Waals surface area contributed by atoms with Crippen molar-refractivity contribution in [3.05, 3.63) is 87.9 Å². The van der Waals surface area contributed by atoms with Gasteiger partial charge in [0.25, 0.3) is 0 Å². The second kappa shape index (κ2) is 9.24. The molecule has 0 atom stereocenters. The first-order valence-corrected chi connectivity index (χ1v) is 9.21. The Balaban J connectivity index is 1.85. The van der Waals surface area contributed by atoms with E-state index >= 15 is 0 Å². The highest BCUT2D eigenvalue weighted by molar-refractivity contribution is 9.10. The molecule has 0 aliphatic rings. The van der Waals surface area contributed by atoms with Crippen LogP contribution < -0.4 is 14.2 Å². The number of hydrogen-bond donors (Lipinski definition) is 0. The van der Waals surface area contributed by atoms with Gasteiger partial charge in [-0.2, -0.15) is 0 Å². The molecule has 0 aromatic heterocycles. The minimum absolute atomic E-state index is 0.328. The fourth-order valence-electron chi connectivity index (χ4n) is 2.59. The molecule has 5 heteroatoms. The number of carbonyl (C=O) groups excluding carboxylic acids is 1. The summed E-state index contributed by atoms with van der Waals surface area (Å²) in [6.45, 7) is 0.708. The molecule has 0 fully saturated rings. The van der Waals surface area contributed by atoms with Crippen LogP contribution in [0.2, 0.25) is 0 Å². The number of benzene rings is 3. The van der Waals surface area contributed by atoms with Gasteiger partial charge in [-0.1, -0.05) is 60.7 Å². The van der Waals surface area contributed by atoms with Crippen LogP contribution in [-0.4, -0.2) is 13.4 Å². The summed E-state index contributed by atoms with van der Waals surface area (Å²) in [5.41, 5.74) is 2.38. The summed E-state index contributed by atoms with van der Waals surface area (Å²) < 4.78 is 17.8. The van der Waals surface area contributed by atoms with Gasteiger partial charge in [0.1, 0.15) is 19.0 Å². The molecule has 0 unspecified atom stereocenters. The molecule has 0 saturated heterocycles. The van der Waals surface area contributed by atoms with Crippen molar-refractivity contribution in [2.24, 2.45) is 0 Å². The van der Waals surface area contributed by atoms with Gasteiger partial charge >= 0.3 is 0 Å². The molecule has 138 valence electrons. The van der Waals surface area contributed by atoms with Crippen LogP contribution in [-0.2, 0) is 13.2 Å². The normalized spacial score (nSPS) is 10.3. The molecule has 3 aromatic rings. The summed E-state index contributed by atoms with van der Waals surface area (Å²) in [4.78, 5) is 11.7. The van der Waals surface area contributed by atoms with E-state index < -0.39 is 0 Å². The molecule has 0 heterocycles. The van der Waals surface area contributed by atoms with Crippen molar-refractivity contribution < 1.29 is 19.0 Å². The highest BCUT2D eigenvalue weighted by Gasteiger charge is 2.20. The number of rotatable bonds is 8. The van der Waals surface area contributed by atoms with Crippen LogP contribution in [0.5, 0.6) is 17.2 Å². The molecule has 3 aromatic carbocycles. The molecule has 3 rings (SSSR count). The van der Waals surface area contributed by atoms with Gasteiger partial charge in [0.05, 0.1) is 17.1 Å². The maximum absolute atomic E-state index is 11.7. The molecule has 0 radical (unpaired) electrons. The van der Waals surface area contributed by atoms with Crippen molar-refractivity contribution in [2.75, 3.05) is 7.11 Å². The van der Waals surface area contributed by atoms with Crippen LogP contribution >= 0.6 is 15.9 Å². The summed E-state index contributed by atoms with van der Waals surface area (Å²) in [5, 5.41) is 0. The second-order valence-electron chi connectivity index (χ2n) is 5.80. The molecule has 0 bridgehead atoms. The standard InChI is InChI=1S/C22H19BrO4/c1-25-20-12-19(26-14-16-8-4-2-5-9-16)21(23)18(13-24)22(20)27-15-17-10-6-3-7-11-17/h2-13H,14-15H2,1H3. The summed E-state index contributed by atoms with van der Waals surface area (Å²) >= 11 is 3.46. The first-order chi connectivity index (χ1) is 13.2. The van der Waals surface area contributed by atoms with Gasteiger partial charge in [0.15, 0.2) is 17.8 Å². The maximum Gasteiger partial charge on any atom is 0.173 e. The molecule has 4 nitrogen and oxygen atoms in total. The lowest BCUT2D eigenvalue weighted by Crippen LogP contribution is -2.04. The number of methoxy groups -OCH3 is 1. The zero-order chi connectivity index (χ0) is 19.1. The van der Waals surface area contributed by atoms with Gasteiger partial charge in [-0.15, -0.1) is 0 Å². The van der Waals surface area contributed by atoms with Gasteiger partial charge in [0, 0.05) is 6.07 Å². The largest absolute Gasteiger partial charge is 0.493 e. The van der Waals surface area contributed by atoms with E-state index in [2.05, 4.69) is 15.9 Å². The van der Waals surface area contributed by atoms with E-state index in [9.17, 15) is 4.79 Å². The highest BCUT2D eigenvalue weighted by Crippen LogP contribution is 2.42. The SMILES string of the molecule is COc1cc(OCc2ccccc2)c(Br)c(C=O)c1OCc1ccccc1. The average molecular weight is 427 g/mol. The Kier molecular flexibility index (Phi) is 6.49. The Hall–Kier alpha value is -2.79. The Morgan fingerprint density at radius 1 is 0.852 bits per heavy atom. The highest BCUT2D eigenvalue weighted by atomic mass is 79.9. The predicted octanol–water partition coefficient (Wildman–Crippen LogP) is 5.43. The topological polar surface area (TPSA) is 44.8 Å². The van der Waals surface area contributed by atoms with Gasteiger partial charge in [-0.25, -0.2) is 0 Å². The predicted molar refractivity (Wildman–Crippen MR) is 108 cm³/mol. The van der Waals surface area contributed by atoms with Crippen LogP contribution in [0.3, 0.4) is 0 Å². The first kappa shape index (κ1) is 19.0. The molecule has 0 spiro atoms. The molecule has 0 aliphatic heterocycles. The fraction of sp³-hybridized carbons (Fsp3) is 0.136. The first-order valence-electron chi connectivity index (χ1n) is 8.42. The maximum atomic E-state index is 11.7.